The lowest BCUT2D eigenvalue weighted by Crippen LogP contribution is -2.28. The van der Waals surface area contributed by atoms with Gasteiger partial charge in [0.15, 0.2) is 5.78 Å². The van der Waals surface area contributed by atoms with Gasteiger partial charge in [-0.25, -0.2) is 5.06 Å². The van der Waals surface area contributed by atoms with Crippen molar-refractivity contribution in [1.82, 2.24) is 10.0 Å². The van der Waals surface area contributed by atoms with E-state index in [0.29, 0.717) is 17.7 Å². The van der Waals surface area contributed by atoms with Crippen LogP contribution in [0.5, 0.6) is 0 Å². The molecule has 96 valence electrons. The van der Waals surface area contributed by atoms with Gasteiger partial charge in [-0.05, 0) is 18.9 Å². The lowest BCUT2D eigenvalue weighted by atomic mass is 9.97. The van der Waals surface area contributed by atoms with E-state index < -0.39 is 6.10 Å². The molecule has 0 spiro atoms. The minimum atomic E-state index is -0.639. The van der Waals surface area contributed by atoms with Gasteiger partial charge in [-0.1, -0.05) is 0 Å². The minimum Gasteiger partial charge on any atom is -0.389 e. The van der Waals surface area contributed by atoms with Crippen LogP contribution in [0.4, 0.5) is 0 Å². The number of Topliss-reactive ketones (excluding diaryl/α,β-unsaturated/α-hetero) is 1. The Morgan fingerprint density at radius 2 is 2.33 bits per heavy atom. The number of aromatic nitrogens is 1. The number of hydrogen-bond donors (Lipinski definition) is 2. The number of nitrogens with zero attached hydrogens (tertiary/aromatic N) is 1. The summed E-state index contributed by atoms with van der Waals surface area (Å²) in [7, 11) is 0. The third kappa shape index (κ3) is 1.83. The van der Waals surface area contributed by atoms with Crippen LogP contribution in [0.1, 0.15) is 39.4 Å². The number of fused-ring (bicyclic) bond motifs is 1. The zero-order chi connectivity index (χ0) is 12.7. The van der Waals surface area contributed by atoms with E-state index in [1.165, 1.54) is 0 Å². The number of aryl methyl sites for hydroxylation is 1. The van der Waals surface area contributed by atoms with E-state index in [0.717, 1.165) is 23.6 Å². The van der Waals surface area contributed by atoms with Crippen LogP contribution in [0.3, 0.4) is 0 Å². The van der Waals surface area contributed by atoms with Gasteiger partial charge in [-0.3, -0.25) is 14.4 Å². The second-order valence-electron chi connectivity index (χ2n) is 4.67. The fraction of sp³-hybridized carbons (Fsp3) is 0.500. The molecule has 6 nitrogen and oxygen atoms in total. The Morgan fingerprint density at radius 3 is 3.00 bits per heavy atom. The number of hydroxylamine groups is 2. The highest BCUT2D eigenvalue weighted by atomic mass is 16.7. The maximum Gasteiger partial charge on any atom is 0.293 e. The number of aliphatic hydroxyl groups excluding tert-OH is 1. The number of rotatable bonds is 1. The average molecular weight is 250 g/mol. The van der Waals surface area contributed by atoms with Crippen LogP contribution in [-0.2, 0) is 11.3 Å². The fourth-order valence-corrected chi connectivity index (χ4v) is 2.37. The predicted molar refractivity (Wildman–Crippen MR) is 61.1 cm³/mol. The second kappa shape index (κ2) is 4.22. The molecule has 1 atom stereocenters. The first-order chi connectivity index (χ1) is 8.65. The van der Waals surface area contributed by atoms with Gasteiger partial charge < -0.3 is 10.1 Å². The minimum absolute atomic E-state index is 0.0777. The first-order valence-electron chi connectivity index (χ1n) is 6.03. The number of aromatic amines is 1. The number of β-amino-alcohol motifs (C(OH)–C–C–N with tert-alkyl or cyclic N) is 1. The summed E-state index contributed by atoms with van der Waals surface area (Å²) < 4.78 is 0. The molecule has 18 heavy (non-hydrogen) atoms. The van der Waals surface area contributed by atoms with Crippen molar-refractivity contribution in [3.8, 4) is 0 Å². The van der Waals surface area contributed by atoms with Gasteiger partial charge in [-0.2, -0.15) is 0 Å². The lowest BCUT2D eigenvalue weighted by molar-refractivity contribution is -0.0782. The van der Waals surface area contributed by atoms with Gasteiger partial charge in [-0.15, -0.1) is 0 Å². The molecule has 0 radical (unpaired) electrons. The number of H-pyrrole nitrogens is 1. The van der Waals surface area contributed by atoms with E-state index in [9.17, 15) is 14.7 Å². The summed E-state index contributed by atoms with van der Waals surface area (Å²) in [6.45, 7) is 0.293. The van der Waals surface area contributed by atoms with Crippen LogP contribution in [-0.4, -0.2) is 46.1 Å². The Morgan fingerprint density at radius 1 is 1.50 bits per heavy atom. The summed E-state index contributed by atoms with van der Waals surface area (Å²) in [5.41, 5.74) is 1.79. The quantitative estimate of drug-likeness (QED) is 0.750. The molecule has 0 bridgehead atoms. The number of carbonyl (C=O) groups excluding carboxylic acids is 2. The standard InChI is InChI=1S/C12H14N2O4/c15-7-5-14(18-6-7)12(17)10-4-8-9(13-10)2-1-3-11(8)16/h4,7,13,15H,1-3,5-6H2/t7-/m0/s1. The maximum absolute atomic E-state index is 12.1. The van der Waals surface area contributed by atoms with E-state index in [1.54, 1.807) is 6.07 Å². The number of nitrogens with one attached hydrogen (secondary N) is 1. The number of aliphatic hydroxyl groups is 1. The highest BCUT2D eigenvalue weighted by molar-refractivity contribution is 6.01. The second-order valence-corrected chi connectivity index (χ2v) is 4.67. The Kier molecular flexibility index (Phi) is 2.68. The van der Waals surface area contributed by atoms with Gasteiger partial charge in [0.05, 0.1) is 6.54 Å². The molecule has 0 aromatic carbocycles. The van der Waals surface area contributed by atoms with E-state index >= 15 is 0 Å². The first kappa shape index (κ1) is 11.4. The van der Waals surface area contributed by atoms with Crippen LogP contribution >= 0.6 is 0 Å². The topological polar surface area (TPSA) is 82.6 Å². The van der Waals surface area contributed by atoms with Crippen LogP contribution in [0.25, 0.3) is 0 Å². The van der Waals surface area contributed by atoms with E-state index in [1.807, 2.05) is 0 Å². The molecule has 1 amide bonds. The summed E-state index contributed by atoms with van der Waals surface area (Å²) in [6, 6.07) is 1.59. The van der Waals surface area contributed by atoms with Crippen molar-refractivity contribution in [2.75, 3.05) is 13.2 Å². The molecule has 1 aromatic rings. The van der Waals surface area contributed by atoms with Crippen LogP contribution in [0.15, 0.2) is 6.07 Å². The van der Waals surface area contributed by atoms with Crippen LogP contribution in [0.2, 0.25) is 0 Å². The molecule has 0 unspecified atom stereocenters. The Balaban J connectivity index is 1.84. The van der Waals surface area contributed by atoms with E-state index in [2.05, 4.69) is 4.98 Å². The van der Waals surface area contributed by atoms with E-state index in [4.69, 9.17) is 4.84 Å². The zero-order valence-corrected chi connectivity index (χ0v) is 9.81. The Hall–Kier alpha value is -1.66. The molecular weight excluding hydrogens is 236 g/mol. The van der Waals surface area contributed by atoms with Crippen molar-refractivity contribution < 1.29 is 19.5 Å². The first-order valence-corrected chi connectivity index (χ1v) is 6.03. The van der Waals surface area contributed by atoms with Gasteiger partial charge in [0.2, 0.25) is 0 Å². The van der Waals surface area contributed by atoms with Crippen LogP contribution in [0, 0.1) is 0 Å². The molecule has 0 saturated carbocycles. The van der Waals surface area contributed by atoms with Crippen molar-refractivity contribution in [3.63, 3.8) is 0 Å². The molecule has 2 heterocycles. The van der Waals surface area contributed by atoms with Gasteiger partial charge >= 0.3 is 0 Å². The van der Waals surface area contributed by atoms with Gasteiger partial charge in [0.25, 0.3) is 5.91 Å². The van der Waals surface area contributed by atoms with Crippen molar-refractivity contribution in [2.45, 2.75) is 25.4 Å². The zero-order valence-electron chi connectivity index (χ0n) is 9.81. The summed E-state index contributed by atoms with van der Waals surface area (Å²) in [5.74, 6) is -0.261. The molecule has 1 aliphatic heterocycles. The van der Waals surface area contributed by atoms with Crippen molar-refractivity contribution >= 4 is 11.7 Å². The monoisotopic (exact) mass is 250 g/mol. The Bertz CT molecular complexity index is 508. The molecule has 6 heteroatoms. The molecule has 1 aromatic heterocycles. The molecular formula is C12H14N2O4. The highest BCUT2D eigenvalue weighted by Gasteiger charge is 2.29. The number of ketones is 1. The molecule has 3 rings (SSSR count). The number of carbonyl (C=O) groups is 2. The van der Waals surface area contributed by atoms with Crippen molar-refractivity contribution in [2.24, 2.45) is 0 Å². The van der Waals surface area contributed by atoms with Crippen molar-refractivity contribution in [1.29, 1.82) is 0 Å². The molecule has 1 saturated heterocycles. The Labute approximate surface area is 103 Å². The fourth-order valence-electron chi connectivity index (χ4n) is 2.37. The highest BCUT2D eigenvalue weighted by Crippen LogP contribution is 2.23. The van der Waals surface area contributed by atoms with Gasteiger partial charge in [0, 0.05) is 17.7 Å². The maximum atomic E-state index is 12.1. The molecule has 1 fully saturated rings. The predicted octanol–water partition coefficient (Wildman–Crippen LogP) is 0.282. The summed E-state index contributed by atoms with van der Waals surface area (Å²) in [4.78, 5) is 31.8. The summed E-state index contributed by atoms with van der Waals surface area (Å²) in [6.07, 6.45) is 1.51. The lowest BCUT2D eigenvalue weighted by Gasteiger charge is -2.12. The van der Waals surface area contributed by atoms with Crippen LogP contribution < -0.4 is 0 Å². The number of hydrogen-bond acceptors (Lipinski definition) is 4. The largest absolute Gasteiger partial charge is 0.389 e. The normalized spacial score (nSPS) is 23.3. The smallest absolute Gasteiger partial charge is 0.293 e. The van der Waals surface area contributed by atoms with Crippen molar-refractivity contribution in [3.05, 3.63) is 23.0 Å². The average Bonchev–Trinajstić information content (AvgIpc) is 2.95. The third-order valence-corrected chi connectivity index (χ3v) is 3.29. The SMILES string of the molecule is O=C1CCCc2[nH]c(C(=O)N3C[C@H](O)CO3)cc21. The number of amides is 1. The summed E-state index contributed by atoms with van der Waals surface area (Å²) >= 11 is 0. The van der Waals surface area contributed by atoms with E-state index in [-0.39, 0.29) is 24.8 Å². The molecule has 2 N–H and O–H groups in total. The van der Waals surface area contributed by atoms with Gasteiger partial charge in [0.1, 0.15) is 18.4 Å². The molecule has 2 aliphatic rings. The summed E-state index contributed by atoms with van der Waals surface area (Å²) in [5, 5.41) is 10.4. The molecule has 1 aliphatic carbocycles. The third-order valence-electron chi connectivity index (χ3n) is 3.29.